The summed E-state index contributed by atoms with van der Waals surface area (Å²) in [6.45, 7) is 1.72. The fourth-order valence-electron chi connectivity index (χ4n) is 2.65. The van der Waals surface area contributed by atoms with Crippen molar-refractivity contribution in [2.24, 2.45) is 0 Å². The summed E-state index contributed by atoms with van der Waals surface area (Å²) in [5.74, 6) is 0.590. The van der Waals surface area contributed by atoms with Crippen LogP contribution in [-0.2, 0) is 16.1 Å². The van der Waals surface area contributed by atoms with Gasteiger partial charge in [-0.25, -0.2) is 4.79 Å². The zero-order chi connectivity index (χ0) is 21.4. The van der Waals surface area contributed by atoms with Crippen LogP contribution in [0.25, 0.3) is 0 Å². The number of methoxy groups -OCH3 is 4. The molecule has 2 aromatic carbocycles. The molecule has 1 atom stereocenters. The van der Waals surface area contributed by atoms with Gasteiger partial charge in [0.25, 0.3) is 5.91 Å². The number of carbonyl (C=O) groups excluding carboxylic acids is 2. The number of esters is 1. The average molecular weight is 403 g/mol. The third kappa shape index (κ3) is 5.31. The molecule has 0 heterocycles. The molecule has 0 saturated carbocycles. The van der Waals surface area contributed by atoms with Gasteiger partial charge in [0, 0.05) is 6.54 Å². The van der Waals surface area contributed by atoms with E-state index in [1.54, 1.807) is 43.5 Å². The first-order valence-electron chi connectivity index (χ1n) is 8.85. The molecule has 2 rings (SSSR count). The molecule has 1 amide bonds. The second-order valence-corrected chi connectivity index (χ2v) is 5.99. The monoisotopic (exact) mass is 403 g/mol. The summed E-state index contributed by atoms with van der Waals surface area (Å²) in [6.07, 6.45) is -1.02. The van der Waals surface area contributed by atoms with E-state index in [0.717, 1.165) is 5.56 Å². The van der Waals surface area contributed by atoms with Crippen LogP contribution in [0, 0.1) is 0 Å². The fourth-order valence-corrected chi connectivity index (χ4v) is 2.65. The van der Waals surface area contributed by atoms with Gasteiger partial charge < -0.3 is 29.0 Å². The van der Waals surface area contributed by atoms with Crippen LogP contribution in [-0.4, -0.2) is 46.4 Å². The van der Waals surface area contributed by atoms with Crippen molar-refractivity contribution in [3.8, 4) is 23.0 Å². The summed E-state index contributed by atoms with van der Waals surface area (Å²) in [7, 11) is 5.95. The van der Waals surface area contributed by atoms with Gasteiger partial charge >= 0.3 is 5.97 Å². The number of rotatable bonds is 9. The van der Waals surface area contributed by atoms with Crippen LogP contribution in [0.5, 0.6) is 23.0 Å². The molecular formula is C21H25NO7. The lowest BCUT2D eigenvalue weighted by atomic mass is 10.1. The first-order chi connectivity index (χ1) is 13.9. The Bertz CT molecular complexity index is 844. The smallest absolute Gasteiger partial charge is 0.346 e. The maximum absolute atomic E-state index is 12.6. The van der Waals surface area contributed by atoms with Gasteiger partial charge in [0.05, 0.1) is 28.4 Å². The maximum Gasteiger partial charge on any atom is 0.346 e. The highest BCUT2D eigenvalue weighted by molar-refractivity contribution is 5.97. The highest BCUT2D eigenvalue weighted by Gasteiger charge is 2.24. The minimum Gasteiger partial charge on any atom is -0.496 e. The van der Waals surface area contributed by atoms with E-state index in [1.807, 2.05) is 0 Å². The summed E-state index contributed by atoms with van der Waals surface area (Å²) in [4.78, 5) is 24.9. The summed E-state index contributed by atoms with van der Waals surface area (Å²) < 4.78 is 26.1. The number of benzene rings is 2. The predicted octanol–water partition coefficient (Wildman–Crippen LogP) is 2.58. The SMILES string of the molecule is COc1ccc(CNC(=O)C(C)OC(=O)c2c(OC)cccc2OC)cc1OC. The molecule has 0 aromatic heterocycles. The van der Waals surface area contributed by atoms with E-state index < -0.39 is 18.0 Å². The van der Waals surface area contributed by atoms with Crippen LogP contribution in [0.4, 0.5) is 0 Å². The minimum atomic E-state index is -1.02. The Kier molecular flexibility index (Phi) is 7.70. The highest BCUT2D eigenvalue weighted by atomic mass is 16.6. The molecule has 0 saturated heterocycles. The number of hydrogen-bond acceptors (Lipinski definition) is 7. The van der Waals surface area contributed by atoms with E-state index >= 15 is 0 Å². The van der Waals surface area contributed by atoms with E-state index in [-0.39, 0.29) is 12.1 Å². The largest absolute Gasteiger partial charge is 0.496 e. The first kappa shape index (κ1) is 21.9. The Hall–Kier alpha value is -3.42. The number of hydrogen-bond donors (Lipinski definition) is 1. The van der Waals surface area contributed by atoms with Gasteiger partial charge in [0.2, 0.25) is 0 Å². The van der Waals surface area contributed by atoms with Gasteiger partial charge in [-0.05, 0) is 36.8 Å². The molecule has 0 radical (unpaired) electrons. The topological polar surface area (TPSA) is 92.3 Å². The lowest BCUT2D eigenvalue weighted by Crippen LogP contribution is -2.35. The number of ether oxygens (including phenoxy) is 5. The van der Waals surface area contributed by atoms with Gasteiger partial charge in [-0.3, -0.25) is 4.79 Å². The maximum atomic E-state index is 12.6. The Balaban J connectivity index is 2.02. The third-order valence-electron chi connectivity index (χ3n) is 4.20. The van der Waals surface area contributed by atoms with Crippen molar-refractivity contribution in [1.82, 2.24) is 5.32 Å². The molecule has 0 aliphatic carbocycles. The Labute approximate surface area is 169 Å². The molecule has 0 fully saturated rings. The van der Waals surface area contributed by atoms with Crippen molar-refractivity contribution >= 4 is 11.9 Å². The van der Waals surface area contributed by atoms with Crippen LogP contribution >= 0.6 is 0 Å². The quantitative estimate of drug-likeness (QED) is 0.644. The lowest BCUT2D eigenvalue weighted by molar-refractivity contribution is -0.129. The normalized spacial score (nSPS) is 11.2. The van der Waals surface area contributed by atoms with E-state index in [9.17, 15) is 9.59 Å². The van der Waals surface area contributed by atoms with Crippen LogP contribution in [0.2, 0.25) is 0 Å². The van der Waals surface area contributed by atoms with Crippen molar-refractivity contribution in [2.45, 2.75) is 19.6 Å². The molecular weight excluding hydrogens is 378 g/mol. The second kappa shape index (κ2) is 10.2. The van der Waals surface area contributed by atoms with Gasteiger partial charge in [0.1, 0.15) is 17.1 Å². The molecule has 8 heteroatoms. The molecule has 156 valence electrons. The third-order valence-corrected chi connectivity index (χ3v) is 4.20. The standard InChI is InChI=1S/C21H25NO7/c1-13(29-21(24)19-16(26-3)7-6-8-17(19)27-4)20(23)22-12-14-9-10-15(25-2)18(11-14)28-5/h6-11,13H,12H2,1-5H3,(H,22,23). The van der Waals surface area contributed by atoms with Gasteiger partial charge in [-0.15, -0.1) is 0 Å². The summed E-state index contributed by atoms with van der Waals surface area (Å²) in [6, 6.07) is 10.2. The second-order valence-electron chi connectivity index (χ2n) is 5.99. The molecule has 0 bridgehead atoms. The van der Waals surface area contributed by atoms with Crippen LogP contribution in [0.15, 0.2) is 36.4 Å². The van der Waals surface area contributed by atoms with E-state index in [1.165, 1.54) is 28.3 Å². The Morgan fingerprint density at radius 1 is 0.862 bits per heavy atom. The summed E-state index contributed by atoms with van der Waals surface area (Å²) in [5.41, 5.74) is 0.929. The predicted molar refractivity (Wildman–Crippen MR) is 106 cm³/mol. The number of nitrogens with one attached hydrogen (secondary N) is 1. The molecule has 1 N–H and O–H groups in total. The zero-order valence-electron chi connectivity index (χ0n) is 17.1. The summed E-state index contributed by atoms with van der Waals surface area (Å²) >= 11 is 0. The van der Waals surface area contributed by atoms with Crippen molar-refractivity contribution in [3.05, 3.63) is 47.5 Å². The van der Waals surface area contributed by atoms with Crippen molar-refractivity contribution in [2.75, 3.05) is 28.4 Å². The van der Waals surface area contributed by atoms with E-state index in [0.29, 0.717) is 23.0 Å². The molecule has 0 spiro atoms. The van der Waals surface area contributed by atoms with Crippen molar-refractivity contribution in [3.63, 3.8) is 0 Å². The van der Waals surface area contributed by atoms with E-state index in [4.69, 9.17) is 23.7 Å². The highest BCUT2D eigenvalue weighted by Crippen LogP contribution is 2.29. The Morgan fingerprint density at radius 3 is 2.00 bits per heavy atom. The zero-order valence-corrected chi connectivity index (χ0v) is 17.1. The van der Waals surface area contributed by atoms with Gasteiger partial charge in [-0.2, -0.15) is 0 Å². The van der Waals surface area contributed by atoms with Gasteiger partial charge in [-0.1, -0.05) is 12.1 Å². The van der Waals surface area contributed by atoms with Crippen LogP contribution < -0.4 is 24.3 Å². The molecule has 0 aliphatic rings. The molecule has 29 heavy (non-hydrogen) atoms. The van der Waals surface area contributed by atoms with Crippen molar-refractivity contribution < 1.29 is 33.3 Å². The van der Waals surface area contributed by atoms with Crippen molar-refractivity contribution in [1.29, 1.82) is 0 Å². The summed E-state index contributed by atoms with van der Waals surface area (Å²) in [5, 5.41) is 2.73. The number of carbonyl (C=O) groups is 2. The van der Waals surface area contributed by atoms with E-state index in [2.05, 4.69) is 5.32 Å². The molecule has 8 nitrogen and oxygen atoms in total. The molecule has 2 aromatic rings. The fraction of sp³-hybridized carbons (Fsp3) is 0.333. The van der Waals surface area contributed by atoms with Crippen LogP contribution in [0.1, 0.15) is 22.8 Å². The molecule has 0 aliphatic heterocycles. The minimum absolute atomic E-state index is 0.122. The van der Waals surface area contributed by atoms with Gasteiger partial charge in [0.15, 0.2) is 17.6 Å². The Morgan fingerprint density at radius 2 is 1.45 bits per heavy atom. The first-order valence-corrected chi connectivity index (χ1v) is 8.85. The van der Waals surface area contributed by atoms with Crippen LogP contribution in [0.3, 0.4) is 0 Å². The molecule has 1 unspecified atom stereocenters. The lowest BCUT2D eigenvalue weighted by Gasteiger charge is -2.16. The average Bonchev–Trinajstić information content (AvgIpc) is 2.76. The number of amides is 1.